The van der Waals surface area contributed by atoms with E-state index in [2.05, 4.69) is 0 Å². The van der Waals surface area contributed by atoms with Crippen LogP contribution in [0.5, 0.6) is 5.75 Å². The summed E-state index contributed by atoms with van der Waals surface area (Å²) in [5.41, 5.74) is -0.00726. The SMILES string of the molecule is CC(C)Oc1cccc(C(=O)N2CCCC(C)(O)CC2)c1. The van der Waals surface area contributed by atoms with Gasteiger partial charge in [-0.05, 0) is 58.2 Å². The first-order valence-corrected chi connectivity index (χ1v) is 7.66. The number of carbonyl (C=O) groups is 1. The zero-order chi connectivity index (χ0) is 15.5. The van der Waals surface area contributed by atoms with Gasteiger partial charge in [-0.25, -0.2) is 0 Å². The fourth-order valence-corrected chi connectivity index (χ4v) is 2.62. The summed E-state index contributed by atoms with van der Waals surface area (Å²) < 4.78 is 5.64. The Bertz CT molecular complexity index is 497. The van der Waals surface area contributed by atoms with Crippen molar-refractivity contribution in [2.75, 3.05) is 13.1 Å². The Labute approximate surface area is 126 Å². The second-order valence-electron chi connectivity index (χ2n) is 6.34. The number of rotatable bonds is 3. The molecule has 1 fully saturated rings. The molecule has 1 aliphatic rings. The lowest BCUT2D eigenvalue weighted by Crippen LogP contribution is -2.33. The molecule has 1 aromatic carbocycles. The molecule has 0 bridgehead atoms. The highest BCUT2D eigenvalue weighted by atomic mass is 16.5. The molecule has 1 aliphatic heterocycles. The molecule has 1 atom stereocenters. The van der Waals surface area contributed by atoms with E-state index in [1.807, 2.05) is 43.9 Å². The van der Waals surface area contributed by atoms with E-state index < -0.39 is 5.60 Å². The normalized spacial score (nSPS) is 23.0. The van der Waals surface area contributed by atoms with Crippen LogP contribution in [-0.2, 0) is 0 Å². The van der Waals surface area contributed by atoms with Crippen LogP contribution in [0.2, 0.25) is 0 Å². The quantitative estimate of drug-likeness (QED) is 0.931. The predicted octanol–water partition coefficient (Wildman–Crippen LogP) is 2.85. The van der Waals surface area contributed by atoms with Gasteiger partial charge in [0.1, 0.15) is 5.75 Å². The van der Waals surface area contributed by atoms with E-state index in [0.29, 0.717) is 25.1 Å². The highest BCUT2D eigenvalue weighted by Gasteiger charge is 2.27. The molecule has 1 N–H and O–H groups in total. The summed E-state index contributed by atoms with van der Waals surface area (Å²) in [4.78, 5) is 14.4. The van der Waals surface area contributed by atoms with Crippen LogP contribution >= 0.6 is 0 Å². The monoisotopic (exact) mass is 291 g/mol. The molecule has 1 amide bonds. The molecule has 0 spiro atoms. The number of hydrogen-bond acceptors (Lipinski definition) is 3. The molecule has 1 unspecified atom stereocenters. The van der Waals surface area contributed by atoms with E-state index in [9.17, 15) is 9.90 Å². The first kappa shape index (κ1) is 15.8. The number of aliphatic hydroxyl groups is 1. The highest BCUT2D eigenvalue weighted by molar-refractivity contribution is 5.94. The number of hydrogen-bond donors (Lipinski definition) is 1. The molecule has 0 aromatic heterocycles. The molecule has 1 saturated heterocycles. The molecule has 1 aromatic rings. The average molecular weight is 291 g/mol. The molecule has 0 aliphatic carbocycles. The Morgan fingerprint density at radius 1 is 1.33 bits per heavy atom. The van der Waals surface area contributed by atoms with E-state index in [0.717, 1.165) is 18.6 Å². The Balaban J connectivity index is 2.09. The van der Waals surface area contributed by atoms with Gasteiger partial charge in [0.15, 0.2) is 0 Å². The lowest BCUT2D eigenvalue weighted by molar-refractivity contribution is 0.0438. The van der Waals surface area contributed by atoms with Crippen LogP contribution in [0.4, 0.5) is 0 Å². The van der Waals surface area contributed by atoms with Gasteiger partial charge < -0.3 is 14.7 Å². The predicted molar refractivity (Wildman–Crippen MR) is 82.6 cm³/mol. The van der Waals surface area contributed by atoms with Crippen molar-refractivity contribution >= 4 is 5.91 Å². The second-order valence-corrected chi connectivity index (χ2v) is 6.34. The number of amides is 1. The van der Waals surface area contributed by atoms with E-state index >= 15 is 0 Å². The van der Waals surface area contributed by atoms with Gasteiger partial charge in [0.25, 0.3) is 5.91 Å². The fraction of sp³-hybridized carbons (Fsp3) is 0.588. The Kier molecular flexibility index (Phi) is 4.88. The standard InChI is InChI=1S/C17H25NO3/c1-13(2)21-15-7-4-6-14(12-15)16(19)18-10-5-8-17(3,20)9-11-18/h4,6-7,12-13,20H,5,8-11H2,1-3H3. The van der Waals surface area contributed by atoms with Crippen LogP contribution in [-0.4, -0.2) is 40.7 Å². The van der Waals surface area contributed by atoms with Crippen molar-refractivity contribution in [3.05, 3.63) is 29.8 Å². The first-order chi connectivity index (χ1) is 9.87. The van der Waals surface area contributed by atoms with E-state index in [1.54, 1.807) is 6.07 Å². The van der Waals surface area contributed by atoms with Crippen molar-refractivity contribution in [2.45, 2.75) is 51.7 Å². The van der Waals surface area contributed by atoms with Gasteiger partial charge in [-0.1, -0.05) is 6.07 Å². The Hall–Kier alpha value is -1.55. The van der Waals surface area contributed by atoms with Crippen LogP contribution in [0.1, 0.15) is 50.4 Å². The summed E-state index contributed by atoms with van der Waals surface area (Å²) in [6, 6.07) is 7.33. The van der Waals surface area contributed by atoms with Crippen molar-refractivity contribution in [1.82, 2.24) is 4.90 Å². The van der Waals surface area contributed by atoms with Crippen LogP contribution in [0.25, 0.3) is 0 Å². The van der Waals surface area contributed by atoms with Gasteiger partial charge in [0, 0.05) is 18.7 Å². The van der Waals surface area contributed by atoms with Crippen LogP contribution in [0.3, 0.4) is 0 Å². The number of carbonyl (C=O) groups excluding carboxylic acids is 1. The van der Waals surface area contributed by atoms with Crippen LogP contribution < -0.4 is 4.74 Å². The van der Waals surface area contributed by atoms with Crippen LogP contribution in [0, 0.1) is 0 Å². The molecule has 0 saturated carbocycles. The fourth-order valence-electron chi connectivity index (χ4n) is 2.62. The number of benzene rings is 1. The molecule has 1 heterocycles. The van der Waals surface area contributed by atoms with E-state index in [1.165, 1.54) is 0 Å². The summed E-state index contributed by atoms with van der Waals surface area (Å²) in [7, 11) is 0. The average Bonchev–Trinajstić information content (AvgIpc) is 2.58. The van der Waals surface area contributed by atoms with Crippen molar-refractivity contribution in [3.63, 3.8) is 0 Å². The molecule has 4 nitrogen and oxygen atoms in total. The lowest BCUT2D eigenvalue weighted by atomic mass is 9.98. The summed E-state index contributed by atoms with van der Waals surface area (Å²) in [6.07, 6.45) is 2.29. The van der Waals surface area contributed by atoms with Gasteiger partial charge in [0.2, 0.25) is 0 Å². The number of nitrogens with zero attached hydrogens (tertiary/aromatic N) is 1. The smallest absolute Gasteiger partial charge is 0.253 e. The summed E-state index contributed by atoms with van der Waals surface area (Å²) in [6.45, 7) is 7.07. The van der Waals surface area contributed by atoms with Crippen molar-refractivity contribution < 1.29 is 14.6 Å². The summed E-state index contributed by atoms with van der Waals surface area (Å²) in [5, 5.41) is 10.1. The van der Waals surface area contributed by atoms with Crippen LogP contribution in [0.15, 0.2) is 24.3 Å². The highest BCUT2D eigenvalue weighted by Crippen LogP contribution is 2.23. The minimum absolute atomic E-state index is 0.0157. The second kappa shape index (κ2) is 6.48. The molecule has 4 heteroatoms. The molecule has 2 rings (SSSR count). The topological polar surface area (TPSA) is 49.8 Å². The third kappa shape index (κ3) is 4.46. The van der Waals surface area contributed by atoms with Crippen molar-refractivity contribution in [1.29, 1.82) is 0 Å². The maximum Gasteiger partial charge on any atom is 0.253 e. The molecule has 116 valence electrons. The van der Waals surface area contributed by atoms with Crippen molar-refractivity contribution in [3.8, 4) is 5.75 Å². The third-order valence-electron chi connectivity index (χ3n) is 3.80. The minimum Gasteiger partial charge on any atom is -0.491 e. The number of likely N-dealkylation sites (tertiary alicyclic amines) is 1. The Morgan fingerprint density at radius 3 is 2.81 bits per heavy atom. The van der Waals surface area contributed by atoms with E-state index in [4.69, 9.17) is 4.74 Å². The summed E-state index contributed by atoms with van der Waals surface area (Å²) in [5.74, 6) is 0.736. The third-order valence-corrected chi connectivity index (χ3v) is 3.80. The molecule has 0 radical (unpaired) electrons. The zero-order valence-electron chi connectivity index (χ0n) is 13.1. The molecule has 21 heavy (non-hydrogen) atoms. The largest absolute Gasteiger partial charge is 0.491 e. The Morgan fingerprint density at radius 2 is 2.10 bits per heavy atom. The maximum absolute atomic E-state index is 12.6. The first-order valence-electron chi connectivity index (χ1n) is 7.66. The van der Waals surface area contributed by atoms with E-state index in [-0.39, 0.29) is 12.0 Å². The zero-order valence-corrected chi connectivity index (χ0v) is 13.1. The van der Waals surface area contributed by atoms with Gasteiger partial charge in [-0.3, -0.25) is 4.79 Å². The summed E-state index contributed by atoms with van der Waals surface area (Å²) >= 11 is 0. The minimum atomic E-state index is -0.655. The van der Waals surface area contributed by atoms with Gasteiger partial charge in [-0.2, -0.15) is 0 Å². The van der Waals surface area contributed by atoms with Crippen molar-refractivity contribution in [2.24, 2.45) is 0 Å². The lowest BCUT2D eigenvalue weighted by Gasteiger charge is -2.23. The number of ether oxygens (including phenoxy) is 1. The maximum atomic E-state index is 12.6. The van der Waals surface area contributed by atoms with Gasteiger partial charge in [0.05, 0.1) is 11.7 Å². The van der Waals surface area contributed by atoms with Gasteiger partial charge in [-0.15, -0.1) is 0 Å². The molecular weight excluding hydrogens is 266 g/mol. The molecular formula is C17H25NO3. The van der Waals surface area contributed by atoms with Gasteiger partial charge >= 0.3 is 0 Å².